The smallest absolute Gasteiger partial charge is 0.290 e. The molecule has 0 atom stereocenters. The first kappa shape index (κ1) is 20.5. The predicted molar refractivity (Wildman–Crippen MR) is 115 cm³/mol. The summed E-state index contributed by atoms with van der Waals surface area (Å²) >= 11 is 0. The summed E-state index contributed by atoms with van der Waals surface area (Å²) in [5.74, 6) is 0.275. The standard InChI is InChI=1S/C25H26N2O2/c1-3-19(4-2)20-14-16-27(17-15-20)18-24(28)26-23-13-9-8-12-22(23)25(29)21-10-6-5-7-11-21/h5-17,19H,3-4,18H2,1-2H3/p+1. The van der Waals surface area contributed by atoms with Crippen LogP contribution in [0.2, 0.25) is 0 Å². The summed E-state index contributed by atoms with van der Waals surface area (Å²) in [6, 6.07) is 20.4. The number of nitrogens with one attached hydrogen (secondary N) is 1. The Kier molecular flexibility index (Phi) is 6.90. The van der Waals surface area contributed by atoms with E-state index < -0.39 is 0 Å². The maximum Gasteiger partial charge on any atom is 0.290 e. The zero-order chi connectivity index (χ0) is 20.6. The highest BCUT2D eigenvalue weighted by Crippen LogP contribution is 2.21. The number of nitrogens with zero attached hydrogens (tertiary/aromatic N) is 1. The third kappa shape index (κ3) is 5.17. The number of hydrogen-bond donors (Lipinski definition) is 1. The van der Waals surface area contributed by atoms with E-state index >= 15 is 0 Å². The van der Waals surface area contributed by atoms with Gasteiger partial charge in [-0.2, -0.15) is 4.57 Å². The van der Waals surface area contributed by atoms with Gasteiger partial charge in [0.15, 0.2) is 18.2 Å². The number of carbonyl (C=O) groups is 2. The summed E-state index contributed by atoms with van der Waals surface area (Å²) in [6.45, 7) is 4.57. The average molecular weight is 388 g/mol. The van der Waals surface area contributed by atoms with Gasteiger partial charge in [0.25, 0.3) is 5.91 Å². The monoisotopic (exact) mass is 387 g/mol. The van der Waals surface area contributed by atoms with Crippen molar-refractivity contribution >= 4 is 17.4 Å². The fraction of sp³-hybridized carbons (Fsp3) is 0.240. The highest BCUT2D eigenvalue weighted by Gasteiger charge is 2.17. The van der Waals surface area contributed by atoms with Crippen molar-refractivity contribution in [2.75, 3.05) is 5.32 Å². The Morgan fingerprint density at radius 2 is 1.48 bits per heavy atom. The lowest BCUT2D eigenvalue weighted by molar-refractivity contribution is -0.684. The van der Waals surface area contributed by atoms with Crippen LogP contribution in [0.5, 0.6) is 0 Å². The van der Waals surface area contributed by atoms with E-state index in [1.165, 1.54) is 5.56 Å². The van der Waals surface area contributed by atoms with Crippen molar-refractivity contribution in [2.45, 2.75) is 39.2 Å². The quantitative estimate of drug-likeness (QED) is 0.448. The molecule has 4 heteroatoms. The highest BCUT2D eigenvalue weighted by atomic mass is 16.2. The predicted octanol–water partition coefficient (Wildman–Crippen LogP) is 4.75. The number of para-hydroxylation sites is 1. The molecule has 0 bridgehead atoms. The van der Waals surface area contributed by atoms with Crippen molar-refractivity contribution in [1.82, 2.24) is 0 Å². The molecule has 0 aliphatic rings. The molecule has 3 aromatic rings. The van der Waals surface area contributed by atoms with Gasteiger partial charge in [-0.25, -0.2) is 0 Å². The van der Waals surface area contributed by atoms with Crippen LogP contribution in [-0.4, -0.2) is 11.7 Å². The number of pyridine rings is 1. The summed E-state index contributed by atoms with van der Waals surface area (Å²) in [4.78, 5) is 25.4. The zero-order valence-electron chi connectivity index (χ0n) is 17.0. The minimum Gasteiger partial charge on any atom is -0.320 e. The normalized spacial score (nSPS) is 10.7. The Bertz CT molecular complexity index is 962. The molecular formula is C25H27N2O2+. The van der Waals surface area contributed by atoms with E-state index in [1.807, 2.05) is 41.2 Å². The molecule has 1 amide bonds. The van der Waals surface area contributed by atoms with Crippen LogP contribution < -0.4 is 9.88 Å². The fourth-order valence-corrected chi connectivity index (χ4v) is 3.50. The lowest BCUT2D eigenvalue weighted by Crippen LogP contribution is -2.39. The first-order valence-corrected chi connectivity index (χ1v) is 10.1. The number of rotatable bonds is 8. The molecule has 0 unspecified atom stereocenters. The molecular weight excluding hydrogens is 360 g/mol. The van der Waals surface area contributed by atoms with Crippen LogP contribution >= 0.6 is 0 Å². The minimum absolute atomic E-state index is 0.108. The maximum absolute atomic E-state index is 12.8. The van der Waals surface area contributed by atoms with Crippen LogP contribution in [0.1, 0.15) is 54.1 Å². The number of carbonyl (C=O) groups excluding carboxylic acids is 2. The largest absolute Gasteiger partial charge is 0.320 e. The van der Waals surface area contributed by atoms with Gasteiger partial charge in [-0.05, 0) is 36.5 Å². The molecule has 0 radical (unpaired) electrons. The molecule has 0 spiro atoms. The van der Waals surface area contributed by atoms with Crippen LogP contribution in [0.25, 0.3) is 0 Å². The molecule has 1 aromatic heterocycles. The van der Waals surface area contributed by atoms with Crippen LogP contribution in [0, 0.1) is 0 Å². The Hall–Kier alpha value is -3.27. The van der Waals surface area contributed by atoms with Crippen LogP contribution in [0.15, 0.2) is 79.1 Å². The first-order valence-electron chi connectivity index (χ1n) is 10.1. The Labute approximate surface area is 172 Å². The van der Waals surface area contributed by atoms with Crippen molar-refractivity contribution in [2.24, 2.45) is 0 Å². The number of anilines is 1. The molecule has 1 N–H and O–H groups in total. The van der Waals surface area contributed by atoms with Crippen molar-refractivity contribution < 1.29 is 14.2 Å². The third-order valence-corrected chi connectivity index (χ3v) is 5.18. The van der Waals surface area contributed by atoms with Gasteiger partial charge >= 0.3 is 0 Å². The molecule has 0 aliphatic heterocycles. The van der Waals surface area contributed by atoms with Crippen molar-refractivity contribution in [3.63, 3.8) is 0 Å². The van der Waals surface area contributed by atoms with Gasteiger partial charge in [-0.3, -0.25) is 9.59 Å². The first-order chi connectivity index (χ1) is 14.1. The van der Waals surface area contributed by atoms with Gasteiger partial charge in [0.05, 0.1) is 5.69 Å². The second-order valence-corrected chi connectivity index (χ2v) is 7.11. The second kappa shape index (κ2) is 9.78. The highest BCUT2D eigenvalue weighted by molar-refractivity contribution is 6.13. The summed E-state index contributed by atoms with van der Waals surface area (Å²) < 4.78 is 1.85. The van der Waals surface area contributed by atoms with E-state index in [0.717, 1.165) is 12.8 Å². The van der Waals surface area contributed by atoms with Gasteiger partial charge in [0.2, 0.25) is 6.54 Å². The van der Waals surface area contributed by atoms with Gasteiger partial charge in [0.1, 0.15) is 0 Å². The van der Waals surface area contributed by atoms with Crippen LogP contribution in [0.4, 0.5) is 5.69 Å². The van der Waals surface area contributed by atoms with E-state index in [1.54, 1.807) is 30.3 Å². The Morgan fingerprint density at radius 3 is 2.14 bits per heavy atom. The van der Waals surface area contributed by atoms with Crippen molar-refractivity contribution in [1.29, 1.82) is 0 Å². The molecule has 148 valence electrons. The lowest BCUT2D eigenvalue weighted by atomic mass is 9.95. The molecule has 3 rings (SSSR count). The van der Waals surface area contributed by atoms with Crippen LogP contribution in [-0.2, 0) is 11.3 Å². The summed E-state index contributed by atoms with van der Waals surface area (Å²) in [6.07, 6.45) is 6.09. The number of amides is 1. The molecule has 0 saturated carbocycles. The molecule has 29 heavy (non-hydrogen) atoms. The number of ketones is 1. The lowest BCUT2D eigenvalue weighted by Gasteiger charge is -2.11. The van der Waals surface area contributed by atoms with E-state index in [2.05, 4.69) is 31.3 Å². The molecule has 4 nitrogen and oxygen atoms in total. The van der Waals surface area contributed by atoms with E-state index in [-0.39, 0.29) is 18.2 Å². The van der Waals surface area contributed by atoms with E-state index in [9.17, 15) is 9.59 Å². The molecule has 0 aliphatic carbocycles. The van der Waals surface area contributed by atoms with Crippen molar-refractivity contribution in [3.05, 3.63) is 95.8 Å². The minimum atomic E-state index is -0.168. The van der Waals surface area contributed by atoms with E-state index in [4.69, 9.17) is 0 Å². The second-order valence-electron chi connectivity index (χ2n) is 7.11. The van der Waals surface area contributed by atoms with E-state index in [0.29, 0.717) is 22.7 Å². The molecule has 1 heterocycles. The van der Waals surface area contributed by atoms with Gasteiger partial charge in [-0.1, -0.05) is 56.3 Å². The van der Waals surface area contributed by atoms with Gasteiger partial charge < -0.3 is 5.32 Å². The Balaban J connectivity index is 1.71. The summed E-state index contributed by atoms with van der Waals surface area (Å²) in [5.41, 5.74) is 2.91. The average Bonchev–Trinajstić information content (AvgIpc) is 2.76. The number of hydrogen-bond acceptors (Lipinski definition) is 2. The summed E-state index contributed by atoms with van der Waals surface area (Å²) in [5, 5.41) is 2.89. The Morgan fingerprint density at radius 1 is 0.862 bits per heavy atom. The summed E-state index contributed by atoms with van der Waals surface area (Å²) in [7, 11) is 0. The zero-order valence-corrected chi connectivity index (χ0v) is 17.0. The SMILES string of the molecule is CCC(CC)c1cc[n+](CC(=O)Nc2ccccc2C(=O)c2ccccc2)cc1. The molecule has 2 aromatic carbocycles. The van der Waals surface area contributed by atoms with Gasteiger partial charge in [-0.15, -0.1) is 0 Å². The van der Waals surface area contributed by atoms with Crippen LogP contribution in [0.3, 0.4) is 0 Å². The van der Waals surface area contributed by atoms with Crippen molar-refractivity contribution in [3.8, 4) is 0 Å². The van der Waals surface area contributed by atoms with Gasteiger partial charge in [0, 0.05) is 23.3 Å². The third-order valence-electron chi connectivity index (χ3n) is 5.18. The topological polar surface area (TPSA) is 50.0 Å². The maximum atomic E-state index is 12.8. The fourth-order valence-electron chi connectivity index (χ4n) is 3.50. The molecule has 0 fully saturated rings. The number of benzene rings is 2. The number of aromatic nitrogens is 1. The molecule has 0 saturated heterocycles.